The van der Waals surface area contributed by atoms with Crippen LogP contribution in [0.3, 0.4) is 0 Å². The van der Waals surface area contributed by atoms with Gasteiger partial charge in [-0.2, -0.15) is 0 Å². The summed E-state index contributed by atoms with van der Waals surface area (Å²) >= 11 is 0. The number of hydrogen-bond acceptors (Lipinski definition) is 5. The molecule has 1 aromatic heterocycles. The van der Waals surface area contributed by atoms with Gasteiger partial charge in [-0.05, 0) is 38.7 Å². The number of carbonyl (C=O) groups is 1. The number of nitrogens with zero attached hydrogens (tertiary/aromatic N) is 3. The van der Waals surface area contributed by atoms with Crippen LogP contribution in [0.1, 0.15) is 32.6 Å². The standard InChI is InChI=1S/C14H20N4O2/c1-2-20-13-8-7-12(16-17-13)18-9-3-4-11(18)14(19)15-10-5-6-10/h7-8,10-11H,2-6,9H2,1H3,(H,15,19). The molecule has 6 heteroatoms. The number of hydrogen-bond donors (Lipinski definition) is 1. The molecular weight excluding hydrogens is 256 g/mol. The molecule has 1 saturated heterocycles. The molecule has 1 aromatic rings. The first-order valence-corrected chi connectivity index (χ1v) is 7.31. The van der Waals surface area contributed by atoms with Crippen molar-refractivity contribution in [3.63, 3.8) is 0 Å². The van der Waals surface area contributed by atoms with Crippen molar-refractivity contribution in [2.75, 3.05) is 18.1 Å². The van der Waals surface area contributed by atoms with Gasteiger partial charge < -0.3 is 15.0 Å². The number of amides is 1. The van der Waals surface area contributed by atoms with E-state index in [0.717, 1.165) is 38.0 Å². The highest BCUT2D eigenvalue weighted by molar-refractivity contribution is 5.86. The summed E-state index contributed by atoms with van der Waals surface area (Å²) in [5.41, 5.74) is 0. The average Bonchev–Trinajstić information content (AvgIpc) is 3.13. The number of anilines is 1. The van der Waals surface area contributed by atoms with Gasteiger partial charge in [-0.15, -0.1) is 10.2 Å². The molecule has 20 heavy (non-hydrogen) atoms. The zero-order valence-electron chi connectivity index (χ0n) is 11.7. The average molecular weight is 276 g/mol. The molecule has 1 N–H and O–H groups in total. The Morgan fingerprint density at radius 3 is 2.90 bits per heavy atom. The van der Waals surface area contributed by atoms with E-state index in [4.69, 9.17) is 4.74 Å². The van der Waals surface area contributed by atoms with Crippen LogP contribution in [-0.4, -0.2) is 41.3 Å². The Morgan fingerprint density at radius 1 is 1.40 bits per heavy atom. The lowest BCUT2D eigenvalue weighted by Gasteiger charge is -2.24. The minimum atomic E-state index is -0.108. The highest BCUT2D eigenvalue weighted by Gasteiger charge is 2.34. The Kier molecular flexibility index (Phi) is 3.71. The van der Waals surface area contributed by atoms with Crippen LogP contribution in [-0.2, 0) is 4.79 Å². The van der Waals surface area contributed by atoms with Crippen LogP contribution in [0.4, 0.5) is 5.82 Å². The summed E-state index contributed by atoms with van der Waals surface area (Å²) < 4.78 is 5.29. The van der Waals surface area contributed by atoms with E-state index in [-0.39, 0.29) is 11.9 Å². The van der Waals surface area contributed by atoms with Gasteiger partial charge in [0.05, 0.1) is 6.61 Å². The zero-order valence-corrected chi connectivity index (χ0v) is 11.7. The van der Waals surface area contributed by atoms with E-state index in [9.17, 15) is 4.79 Å². The molecule has 1 unspecified atom stereocenters. The lowest BCUT2D eigenvalue weighted by Crippen LogP contribution is -2.44. The fourth-order valence-electron chi connectivity index (χ4n) is 2.53. The monoisotopic (exact) mass is 276 g/mol. The fourth-order valence-corrected chi connectivity index (χ4v) is 2.53. The van der Waals surface area contributed by atoms with Crippen molar-refractivity contribution in [2.24, 2.45) is 0 Å². The molecule has 2 heterocycles. The molecule has 0 radical (unpaired) electrons. The molecule has 1 aliphatic heterocycles. The van der Waals surface area contributed by atoms with Crippen LogP contribution in [0.25, 0.3) is 0 Å². The third-order valence-electron chi connectivity index (χ3n) is 3.69. The SMILES string of the molecule is CCOc1ccc(N2CCCC2C(=O)NC2CC2)nn1. The third-order valence-corrected chi connectivity index (χ3v) is 3.69. The molecule has 6 nitrogen and oxygen atoms in total. The number of ether oxygens (including phenoxy) is 1. The molecule has 0 spiro atoms. The van der Waals surface area contributed by atoms with Crippen LogP contribution in [0.15, 0.2) is 12.1 Å². The molecular formula is C14H20N4O2. The maximum Gasteiger partial charge on any atom is 0.242 e. The van der Waals surface area contributed by atoms with Crippen molar-refractivity contribution in [3.8, 4) is 5.88 Å². The third kappa shape index (κ3) is 2.84. The summed E-state index contributed by atoms with van der Waals surface area (Å²) in [6.07, 6.45) is 4.12. The smallest absolute Gasteiger partial charge is 0.242 e. The molecule has 1 atom stereocenters. The largest absolute Gasteiger partial charge is 0.477 e. The van der Waals surface area contributed by atoms with E-state index in [1.54, 1.807) is 6.07 Å². The summed E-state index contributed by atoms with van der Waals surface area (Å²) in [5.74, 6) is 1.40. The Hall–Kier alpha value is -1.85. The second-order valence-electron chi connectivity index (χ2n) is 5.30. The first-order chi connectivity index (χ1) is 9.78. The number of nitrogens with one attached hydrogen (secondary N) is 1. The minimum Gasteiger partial charge on any atom is -0.477 e. The predicted octanol–water partition coefficient (Wildman–Crippen LogP) is 1.12. The Morgan fingerprint density at radius 2 is 2.25 bits per heavy atom. The van der Waals surface area contributed by atoms with Crippen molar-refractivity contribution in [1.29, 1.82) is 0 Å². The van der Waals surface area contributed by atoms with E-state index >= 15 is 0 Å². The Labute approximate surface area is 118 Å². The number of rotatable bonds is 5. The van der Waals surface area contributed by atoms with Crippen LogP contribution in [0, 0.1) is 0 Å². The van der Waals surface area contributed by atoms with E-state index in [0.29, 0.717) is 18.5 Å². The van der Waals surface area contributed by atoms with Crippen molar-refractivity contribution in [3.05, 3.63) is 12.1 Å². The molecule has 2 fully saturated rings. The van der Waals surface area contributed by atoms with Crippen molar-refractivity contribution in [2.45, 2.75) is 44.7 Å². The van der Waals surface area contributed by atoms with Crippen LogP contribution >= 0.6 is 0 Å². The lowest BCUT2D eigenvalue weighted by molar-refractivity contribution is -0.122. The molecule has 1 amide bonds. The topological polar surface area (TPSA) is 67.3 Å². The quantitative estimate of drug-likeness (QED) is 0.873. The summed E-state index contributed by atoms with van der Waals surface area (Å²) in [6.45, 7) is 3.34. The molecule has 1 saturated carbocycles. The van der Waals surface area contributed by atoms with E-state index in [2.05, 4.69) is 15.5 Å². The summed E-state index contributed by atoms with van der Waals surface area (Å²) in [6, 6.07) is 3.97. The molecule has 2 aliphatic rings. The second-order valence-corrected chi connectivity index (χ2v) is 5.30. The molecule has 0 bridgehead atoms. The van der Waals surface area contributed by atoms with Crippen molar-refractivity contribution in [1.82, 2.24) is 15.5 Å². The van der Waals surface area contributed by atoms with Gasteiger partial charge in [-0.1, -0.05) is 0 Å². The Bertz CT molecular complexity index is 473. The normalized spacial score (nSPS) is 21.9. The predicted molar refractivity (Wildman–Crippen MR) is 74.7 cm³/mol. The summed E-state index contributed by atoms with van der Waals surface area (Å²) in [5, 5.41) is 11.3. The highest BCUT2D eigenvalue weighted by Crippen LogP contribution is 2.26. The molecule has 108 valence electrons. The van der Waals surface area contributed by atoms with Crippen LogP contribution in [0.2, 0.25) is 0 Å². The molecule has 3 rings (SSSR count). The van der Waals surface area contributed by atoms with E-state index in [1.807, 2.05) is 17.9 Å². The number of carbonyl (C=O) groups excluding carboxylic acids is 1. The van der Waals surface area contributed by atoms with E-state index < -0.39 is 0 Å². The molecule has 0 aromatic carbocycles. The van der Waals surface area contributed by atoms with Gasteiger partial charge in [-0.3, -0.25) is 4.79 Å². The first kappa shape index (κ1) is 13.1. The van der Waals surface area contributed by atoms with Crippen molar-refractivity contribution >= 4 is 11.7 Å². The summed E-state index contributed by atoms with van der Waals surface area (Å²) in [7, 11) is 0. The maximum atomic E-state index is 12.2. The number of aromatic nitrogens is 2. The maximum absolute atomic E-state index is 12.2. The van der Waals surface area contributed by atoms with Gasteiger partial charge in [-0.25, -0.2) is 0 Å². The van der Waals surface area contributed by atoms with Crippen molar-refractivity contribution < 1.29 is 9.53 Å². The highest BCUT2D eigenvalue weighted by atomic mass is 16.5. The second kappa shape index (κ2) is 5.64. The van der Waals surface area contributed by atoms with E-state index in [1.165, 1.54) is 0 Å². The van der Waals surface area contributed by atoms with Gasteiger partial charge in [0, 0.05) is 18.7 Å². The van der Waals surface area contributed by atoms with Gasteiger partial charge in [0.15, 0.2) is 5.82 Å². The lowest BCUT2D eigenvalue weighted by atomic mass is 10.2. The van der Waals surface area contributed by atoms with Crippen LogP contribution in [0.5, 0.6) is 5.88 Å². The van der Waals surface area contributed by atoms with Gasteiger partial charge in [0.2, 0.25) is 11.8 Å². The summed E-state index contributed by atoms with van der Waals surface area (Å²) in [4.78, 5) is 14.3. The molecule has 1 aliphatic carbocycles. The zero-order chi connectivity index (χ0) is 13.9. The van der Waals surface area contributed by atoms with Gasteiger partial charge in [0.1, 0.15) is 6.04 Å². The minimum absolute atomic E-state index is 0.108. The van der Waals surface area contributed by atoms with Gasteiger partial charge >= 0.3 is 0 Å². The van der Waals surface area contributed by atoms with Crippen LogP contribution < -0.4 is 15.0 Å². The fraction of sp³-hybridized carbons (Fsp3) is 0.643. The Balaban J connectivity index is 1.68. The first-order valence-electron chi connectivity index (χ1n) is 7.31. The van der Waals surface area contributed by atoms with Gasteiger partial charge in [0.25, 0.3) is 0 Å².